The molecule has 0 bridgehead atoms. The van der Waals surface area contributed by atoms with Gasteiger partial charge in [-0.05, 0) is 76.0 Å². The molecule has 1 aromatic carbocycles. The molecule has 3 rings (SSSR count). The molecule has 4 heteroatoms. The van der Waals surface area contributed by atoms with Gasteiger partial charge in [-0.2, -0.15) is 0 Å². The quantitative estimate of drug-likeness (QED) is 0.630. The summed E-state index contributed by atoms with van der Waals surface area (Å²) < 4.78 is 0. The number of nitrogens with zero attached hydrogens (tertiary/aromatic N) is 1. The summed E-state index contributed by atoms with van der Waals surface area (Å²) in [6, 6.07) is 5.06. The van der Waals surface area contributed by atoms with Crippen LogP contribution in [-0.2, 0) is 4.79 Å². The van der Waals surface area contributed by atoms with Crippen LogP contribution in [0.1, 0.15) is 75.0 Å². The van der Waals surface area contributed by atoms with Gasteiger partial charge in [0.25, 0.3) is 0 Å². The zero-order valence-electron chi connectivity index (χ0n) is 18.9. The minimum Gasteiger partial charge on any atom is -0.481 e. The van der Waals surface area contributed by atoms with Crippen molar-refractivity contribution in [3.05, 3.63) is 28.8 Å². The summed E-state index contributed by atoms with van der Waals surface area (Å²) in [5.74, 6) is -0.840. The van der Waals surface area contributed by atoms with Crippen molar-refractivity contribution in [1.82, 2.24) is 4.90 Å². The van der Waals surface area contributed by atoms with Crippen molar-refractivity contribution in [2.45, 2.75) is 85.1 Å². The van der Waals surface area contributed by atoms with Gasteiger partial charge in [0, 0.05) is 24.8 Å². The summed E-state index contributed by atoms with van der Waals surface area (Å²) in [5.41, 5.74) is 5.33. The van der Waals surface area contributed by atoms with Gasteiger partial charge in [0.1, 0.15) is 0 Å². The van der Waals surface area contributed by atoms with Crippen molar-refractivity contribution in [2.24, 2.45) is 11.3 Å². The maximum atomic E-state index is 11.7. The first-order chi connectivity index (χ1) is 13.8. The van der Waals surface area contributed by atoms with Gasteiger partial charge in [-0.25, -0.2) is 0 Å². The van der Waals surface area contributed by atoms with Gasteiger partial charge in [-0.15, -0.1) is 0 Å². The van der Waals surface area contributed by atoms with Crippen LogP contribution in [0.5, 0.6) is 0 Å². The SMILES string of the molecule is Cc1cc(C)c(NC2CCN(CCC3(C(C)C(=O)O)CCCCC3)CC2)c(C)c1. The van der Waals surface area contributed by atoms with Gasteiger partial charge < -0.3 is 15.3 Å². The van der Waals surface area contributed by atoms with Crippen LogP contribution in [-0.4, -0.2) is 41.7 Å². The van der Waals surface area contributed by atoms with Crippen LogP contribution in [0.15, 0.2) is 12.1 Å². The van der Waals surface area contributed by atoms with E-state index in [-0.39, 0.29) is 11.3 Å². The number of nitrogens with one attached hydrogen (secondary N) is 1. The first-order valence-electron chi connectivity index (χ1n) is 11.6. The summed E-state index contributed by atoms with van der Waals surface area (Å²) in [6.07, 6.45) is 9.19. The molecule has 2 N–H and O–H groups in total. The van der Waals surface area contributed by atoms with Crippen molar-refractivity contribution in [1.29, 1.82) is 0 Å². The van der Waals surface area contributed by atoms with E-state index >= 15 is 0 Å². The third kappa shape index (κ3) is 5.33. The second-order valence-electron chi connectivity index (χ2n) is 9.77. The fourth-order valence-electron chi connectivity index (χ4n) is 5.71. The summed E-state index contributed by atoms with van der Waals surface area (Å²) >= 11 is 0. The number of hydrogen-bond acceptors (Lipinski definition) is 3. The zero-order chi connectivity index (χ0) is 21.0. The van der Waals surface area contributed by atoms with Gasteiger partial charge in [0.15, 0.2) is 0 Å². The molecule has 29 heavy (non-hydrogen) atoms. The van der Waals surface area contributed by atoms with Crippen molar-refractivity contribution in [3.63, 3.8) is 0 Å². The molecule has 0 radical (unpaired) electrons. The van der Waals surface area contributed by atoms with E-state index in [0.717, 1.165) is 51.7 Å². The number of benzene rings is 1. The number of rotatable bonds is 7. The van der Waals surface area contributed by atoms with Crippen LogP contribution in [0, 0.1) is 32.1 Å². The molecule has 1 aromatic rings. The van der Waals surface area contributed by atoms with Crippen molar-refractivity contribution in [2.75, 3.05) is 25.0 Å². The molecule has 4 nitrogen and oxygen atoms in total. The van der Waals surface area contributed by atoms with Crippen LogP contribution in [0.4, 0.5) is 5.69 Å². The van der Waals surface area contributed by atoms with Crippen LogP contribution >= 0.6 is 0 Å². The molecule has 0 amide bonds. The van der Waals surface area contributed by atoms with E-state index in [9.17, 15) is 9.90 Å². The van der Waals surface area contributed by atoms with E-state index in [1.165, 1.54) is 41.6 Å². The average Bonchev–Trinajstić information content (AvgIpc) is 2.70. The fraction of sp³-hybridized carbons (Fsp3) is 0.720. The van der Waals surface area contributed by atoms with Gasteiger partial charge in [0.2, 0.25) is 0 Å². The third-order valence-corrected chi connectivity index (χ3v) is 7.68. The minimum atomic E-state index is -0.612. The lowest BCUT2D eigenvalue weighted by Crippen LogP contribution is -2.43. The van der Waals surface area contributed by atoms with E-state index in [1.54, 1.807) is 0 Å². The van der Waals surface area contributed by atoms with Gasteiger partial charge in [-0.3, -0.25) is 4.79 Å². The fourth-order valence-corrected chi connectivity index (χ4v) is 5.71. The normalized spacial score (nSPS) is 21.7. The molecule has 2 aliphatic rings. The molecule has 1 aliphatic heterocycles. The van der Waals surface area contributed by atoms with Gasteiger partial charge in [0.05, 0.1) is 5.92 Å². The first kappa shape index (κ1) is 22.1. The maximum Gasteiger partial charge on any atom is 0.306 e. The molecule has 2 fully saturated rings. The maximum absolute atomic E-state index is 11.7. The lowest BCUT2D eigenvalue weighted by Gasteiger charge is -2.43. The summed E-state index contributed by atoms with van der Waals surface area (Å²) in [5, 5.41) is 13.5. The molecule has 0 spiro atoms. The van der Waals surface area contributed by atoms with Gasteiger partial charge >= 0.3 is 5.97 Å². The third-order valence-electron chi connectivity index (χ3n) is 7.68. The highest BCUT2D eigenvalue weighted by atomic mass is 16.4. The van der Waals surface area contributed by atoms with E-state index in [1.807, 2.05) is 6.92 Å². The molecule has 1 atom stereocenters. The number of aryl methyl sites for hydroxylation is 3. The number of piperidine rings is 1. The first-order valence-corrected chi connectivity index (χ1v) is 11.6. The van der Waals surface area contributed by atoms with E-state index in [2.05, 4.69) is 43.1 Å². The monoisotopic (exact) mass is 400 g/mol. The molecule has 1 saturated carbocycles. The Bertz CT molecular complexity index is 678. The van der Waals surface area contributed by atoms with Crippen molar-refractivity contribution < 1.29 is 9.90 Å². The molecule has 162 valence electrons. The Balaban J connectivity index is 1.52. The number of aliphatic carboxylic acids is 1. The molecule has 1 saturated heterocycles. The Morgan fingerprint density at radius 2 is 1.72 bits per heavy atom. The number of carboxylic acid groups (broad SMARTS) is 1. The topological polar surface area (TPSA) is 52.6 Å². The molecule has 1 heterocycles. The molecule has 1 aliphatic carbocycles. The molecular weight excluding hydrogens is 360 g/mol. The van der Waals surface area contributed by atoms with Crippen LogP contribution < -0.4 is 5.32 Å². The number of carboxylic acids is 1. The summed E-state index contributed by atoms with van der Waals surface area (Å²) in [4.78, 5) is 14.3. The standard InChI is InChI=1S/C25H40N2O2/c1-18-16-19(2)23(20(3)17-18)26-22-8-13-27(14-9-22)15-12-25(21(4)24(28)29)10-6-5-7-11-25/h16-17,21-22,26H,5-15H2,1-4H3,(H,28,29). The zero-order valence-corrected chi connectivity index (χ0v) is 18.9. The average molecular weight is 401 g/mol. The highest BCUT2D eigenvalue weighted by Crippen LogP contribution is 2.45. The Morgan fingerprint density at radius 3 is 2.28 bits per heavy atom. The lowest BCUT2D eigenvalue weighted by atomic mass is 9.64. The number of carbonyl (C=O) groups is 1. The molecule has 1 unspecified atom stereocenters. The largest absolute Gasteiger partial charge is 0.481 e. The number of likely N-dealkylation sites (tertiary alicyclic amines) is 1. The van der Waals surface area contributed by atoms with E-state index in [0.29, 0.717) is 6.04 Å². The van der Waals surface area contributed by atoms with Crippen molar-refractivity contribution in [3.8, 4) is 0 Å². The molecular formula is C25H40N2O2. The minimum absolute atomic E-state index is 0.00923. The van der Waals surface area contributed by atoms with E-state index in [4.69, 9.17) is 0 Å². The second kappa shape index (κ2) is 9.51. The summed E-state index contributed by atoms with van der Waals surface area (Å²) in [7, 11) is 0. The highest BCUT2D eigenvalue weighted by Gasteiger charge is 2.41. The van der Waals surface area contributed by atoms with E-state index < -0.39 is 5.97 Å². The van der Waals surface area contributed by atoms with Crippen LogP contribution in [0.3, 0.4) is 0 Å². The Hall–Kier alpha value is -1.55. The number of anilines is 1. The summed E-state index contributed by atoms with van der Waals surface area (Å²) in [6.45, 7) is 11.8. The van der Waals surface area contributed by atoms with Crippen LogP contribution in [0.2, 0.25) is 0 Å². The predicted molar refractivity (Wildman–Crippen MR) is 121 cm³/mol. The Labute approximate surface area is 177 Å². The smallest absolute Gasteiger partial charge is 0.306 e. The lowest BCUT2D eigenvalue weighted by molar-refractivity contribution is -0.147. The van der Waals surface area contributed by atoms with Crippen molar-refractivity contribution >= 4 is 11.7 Å². The number of hydrogen-bond donors (Lipinski definition) is 2. The Morgan fingerprint density at radius 1 is 1.14 bits per heavy atom. The Kier molecular flexibility index (Phi) is 7.26. The van der Waals surface area contributed by atoms with Crippen LogP contribution in [0.25, 0.3) is 0 Å². The highest BCUT2D eigenvalue weighted by molar-refractivity contribution is 5.70. The molecule has 0 aromatic heterocycles. The second-order valence-corrected chi connectivity index (χ2v) is 9.77. The van der Waals surface area contributed by atoms with Gasteiger partial charge in [-0.1, -0.05) is 43.9 Å². The predicted octanol–water partition coefficient (Wildman–Crippen LogP) is 5.55.